The third-order valence-corrected chi connectivity index (χ3v) is 3.03. The zero-order valence-corrected chi connectivity index (χ0v) is 11.2. The summed E-state index contributed by atoms with van der Waals surface area (Å²) in [6.45, 7) is 0.722. The van der Waals surface area contributed by atoms with Crippen molar-refractivity contribution in [2.75, 3.05) is 24.2 Å². The molecular formula is C14H16N4O2. The van der Waals surface area contributed by atoms with Crippen LogP contribution in [0.5, 0.6) is 0 Å². The summed E-state index contributed by atoms with van der Waals surface area (Å²) < 4.78 is 0. The van der Waals surface area contributed by atoms with Crippen LogP contribution in [-0.4, -0.2) is 34.6 Å². The molecule has 0 aromatic carbocycles. The molecule has 0 unspecified atom stereocenters. The van der Waals surface area contributed by atoms with Crippen molar-refractivity contribution in [1.82, 2.24) is 9.97 Å². The summed E-state index contributed by atoms with van der Waals surface area (Å²) in [5, 5.41) is 9.05. The van der Waals surface area contributed by atoms with E-state index in [1.165, 1.54) is 17.8 Å². The second kappa shape index (κ2) is 6.01. The van der Waals surface area contributed by atoms with Gasteiger partial charge in [-0.15, -0.1) is 0 Å². The van der Waals surface area contributed by atoms with E-state index in [2.05, 4.69) is 9.97 Å². The largest absolute Gasteiger partial charge is 0.478 e. The maximum Gasteiger partial charge on any atom is 0.337 e. The first-order valence-electron chi connectivity index (χ1n) is 6.17. The minimum absolute atomic E-state index is 0.0748. The maximum atomic E-state index is 11.0. The van der Waals surface area contributed by atoms with Crippen molar-refractivity contribution >= 4 is 17.5 Å². The summed E-state index contributed by atoms with van der Waals surface area (Å²) in [6, 6.07) is 5.39. The van der Waals surface area contributed by atoms with Gasteiger partial charge in [-0.25, -0.2) is 9.78 Å². The van der Waals surface area contributed by atoms with Gasteiger partial charge in [0.25, 0.3) is 0 Å². The third-order valence-electron chi connectivity index (χ3n) is 3.03. The summed E-state index contributed by atoms with van der Waals surface area (Å²) in [5.74, 6) is -0.459. The van der Waals surface area contributed by atoms with Crippen LogP contribution in [0.3, 0.4) is 0 Å². The summed E-state index contributed by atoms with van der Waals surface area (Å²) >= 11 is 0. The normalized spacial score (nSPS) is 10.2. The van der Waals surface area contributed by atoms with Crippen molar-refractivity contribution in [3.8, 4) is 0 Å². The van der Waals surface area contributed by atoms with Gasteiger partial charge in [0.15, 0.2) is 0 Å². The second-order valence-corrected chi connectivity index (χ2v) is 4.46. The number of hydrogen-bond acceptors (Lipinski definition) is 5. The molecule has 6 nitrogen and oxygen atoms in total. The van der Waals surface area contributed by atoms with E-state index in [9.17, 15) is 4.79 Å². The van der Waals surface area contributed by atoms with E-state index in [-0.39, 0.29) is 11.3 Å². The zero-order valence-electron chi connectivity index (χ0n) is 11.2. The first-order valence-corrected chi connectivity index (χ1v) is 6.17. The SMILES string of the molecule is CN(CCc1ccncc1)c1cc(C(=O)O)c(N)cn1. The van der Waals surface area contributed by atoms with E-state index in [1.54, 1.807) is 12.4 Å². The number of anilines is 2. The number of aromatic nitrogens is 2. The molecule has 0 saturated carbocycles. The van der Waals surface area contributed by atoms with Crippen LogP contribution in [0.25, 0.3) is 0 Å². The molecule has 20 heavy (non-hydrogen) atoms. The Morgan fingerprint density at radius 2 is 2.10 bits per heavy atom. The number of aromatic carboxylic acids is 1. The number of carboxylic acids is 1. The molecule has 0 atom stereocenters. The molecule has 0 fully saturated rings. The summed E-state index contributed by atoms with van der Waals surface area (Å²) in [6.07, 6.45) is 5.70. The molecule has 0 aliphatic carbocycles. The highest BCUT2D eigenvalue weighted by molar-refractivity contribution is 5.94. The number of hydrogen-bond donors (Lipinski definition) is 2. The second-order valence-electron chi connectivity index (χ2n) is 4.46. The van der Waals surface area contributed by atoms with E-state index in [0.717, 1.165) is 13.0 Å². The van der Waals surface area contributed by atoms with Crippen LogP contribution in [0.1, 0.15) is 15.9 Å². The molecule has 0 aliphatic heterocycles. The number of rotatable bonds is 5. The van der Waals surface area contributed by atoms with E-state index in [4.69, 9.17) is 10.8 Å². The molecule has 0 aliphatic rings. The minimum atomic E-state index is -1.05. The average molecular weight is 272 g/mol. The quantitative estimate of drug-likeness (QED) is 0.855. The minimum Gasteiger partial charge on any atom is -0.478 e. The third kappa shape index (κ3) is 3.23. The molecular weight excluding hydrogens is 256 g/mol. The molecule has 0 spiro atoms. The zero-order chi connectivity index (χ0) is 14.5. The smallest absolute Gasteiger partial charge is 0.337 e. The van der Waals surface area contributed by atoms with Gasteiger partial charge < -0.3 is 15.7 Å². The van der Waals surface area contributed by atoms with Crippen LogP contribution < -0.4 is 10.6 Å². The van der Waals surface area contributed by atoms with E-state index >= 15 is 0 Å². The highest BCUT2D eigenvalue weighted by atomic mass is 16.4. The standard InChI is InChI=1S/C14H16N4O2/c1-18(7-4-10-2-5-16-6-3-10)13-8-11(14(19)20)12(15)9-17-13/h2-3,5-6,8-9H,4,7,15H2,1H3,(H,19,20). The molecule has 0 saturated heterocycles. The molecule has 2 aromatic heterocycles. The lowest BCUT2D eigenvalue weighted by molar-refractivity contribution is 0.0698. The Labute approximate surface area is 116 Å². The Morgan fingerprint density at radius 3 is 2.75 bits per heavy atom. The van der Waals surface area contributed by atoms with Crippen LogP contribution >= 0.6 is 0 Å². The maximum absolute atomic E-state index is 11.0. The van der Waals surface area contributed by atoms with Crippen molar-refractivity contribution in [2.24, 2.45) is 0 Å². The highest BCUT2D eigenvalue weighted by Crippen LogP contribution is 2.17. The van der Waals surface area contributed by atoms with Crippen molar-refractivity contribution in [2.45, 2.75) is 6.42 Å². The van der Waals surface area contributed by atoms with Crippen molar-refractivity contribution < 1.29 is 9.90 Å². The van der Waals surface area contributed by atoms with E-state index in [0.29, 0.717) is 5.82 Å². The number of pyridine rings is 2. The molecule has 0 amide bonds. The molecule has 0 bridgehead atoms. The van der Waals surface area contributed by atoms with Gasteiger partial charge in [-0.3, -0.25) is 4.98 Å². The Hall–Kier alpha value is -2.63. The molecule has 2 aromatic rings. The predicted molar refractivity (Wildman–Crippen MR) is 76.8 cm³/mol. The van der Waals surface area contributed by atoms with Crippen molar-refractivity contribution in [3.05, 3.63) is 47.9 Å². The fourth-order valence-corrected chi connectivity index (χ4v) is 1.81. The summed E-state index contributed by atoms with van der Waals surface area (Å²) in [7, 11) is 1.87. The van der Waals surface area contributed by atoms with Crippen LogP contribution in [0.2, 0.25) is 0 Å². The number of carboxylic acid groups (broad SMARTS) is 1. The van der Waals surface area contributed by atoms with Gasteiger partial charge in [0.05, 0.1) is 17.4 Å². The fourth-order valence-electron chi connectivity index (χ4n) is 1.81. The highest BCUT2D eigenvalue weighted by Gasteiger charge is 2.11. The molecule has 104 valence electrons. The molecule has 6 heteroatoms. The Kier molecular flexibility index (Phi) is 4.14. The fraction of sp³-hybridized carbons (Fsp3) is 0.214. The molecule has 2 heterocycles. The van der Waals surface area contributed by atoms with Gasteiger partial charge in [-0.05, 0) is 30.2 Å². The van der Waals surface area contributed by atoms with Crippen molar-refractivity contribution in [1.29, 1.82) is 0 Å². The lowest BCUT2D eigenvalue weighted by Crippen LogP contribution is -2.22. The first kappa shape index (κ1) is 13.8. The molecule has 0 radical (unpaired) electrons. The van der Waals surface area contributed by atoms with Gasteiger partial charge >= 0.3 is 5.97 Å². The van der Waals surface area contributed by atoms with Crippen LogP contribution in [-0.2, 0) is 6.42 Å². The Bertz CT molecular complexity index is 601. The number of carbonyl (C=O) groups is 1. The number of nitrogens with zero attached hydrogens (tertiary/aromatic N) is 3. The van der Waals surface area contributed by atoms with E-state index < -0.39 is 5.97 Å². The van der Waals surface area contributed by atoms with Gasteiger partial charge in [0.1, 0.15) is 5.82 Å². The van der Waals surface area contributed by atoms with Gasteiger partial charge in [0.2, 0.25) is 0 Å². The van der Waals surface area contributed by atoms with Gasteiger partial charge in [0, 0.05) is 26.0 Å². The van der Waals surface area contributed by atoms with Gasteiger partial charge in [-0.1, -0.05) is 0 Å². The van der Waals surface area contributed by atoms with Crippen LogP contribution in [0.4, 0.5) is 11.5 Å². The molecule has 2 rings (SSSR count). The average Bonchev–Trinajstić information content (AvgIpc) is 2.46. The monoisotopic (exact) mass is 272 g/mol. The summed E-state index contributed by atoms with van der Waals surface area (Å²) in [4.78, 5) is 21.1. The van der Waals surface area contributed by atoms with Crippen LogP contribution in [0, 0.1) is 0 Å². The Morgan fingerprint density at radius 1 is 1.40 bits per heavy atom. The Balaban J connectivity index is 2.07. The van der Waals surface area contributed by atoms with Crippen LogP contribution in [0.15, 0.2) is 36.8 Å². The first-order chi connectivity index (χ1) is 9.58. The van der Waals surface area contributed by atoms with Gasteiger partial charge in [-0.2, -0.15) is 0 Å². The number of likely N-dealkylation sites (N-methyl/N-ethyl adjacent to an activating group) is 1. The number of nitrogens with two attached hydrogens (primary N) is 1. The predicted octanol–water partition coefficient (Wildman–Crippen LogP) is 1.44. The summed E-state index contributed by atoms with van der Waals surface area (Å²) in [5.41, 5.74) is 7.00. The topological polar surface area (TPSA) is 92.3 Å². The lowest BCUT2D eigenvalue weighted by Gasteiger charge is -2.18. The van der Waals surface area contributed by atoms with E-state index in [1.807, 2.05) is 24.1 Å². The number of nitrogen functional groups attached to an aromatic ring is 1. The van der Waals surface area contributed by atoms with Crippen molar-refractivity contribution in [3.63, 3.8) is 0 Å². The lowest BCUT2D eigenvalue weighted by atomic mass is 10.2. The molecule has 3 N–H and O–H groups in total.